The van der Waals surface area contributed by atoms with Crippen LogP contribution in [-0.4, -0.2) is 5.78 Å². The van der Waals surface area contributed by atoms with Gasteiger partial charge in [0.2, 0.25) is 0 Å². The van der Waals surface area contributed by atoms with E-state index in [0.29, 0.717) is 27.1 Å². The summed E-state index contributed by atoms with van der Waals surface area (Å²) < 4.78 is 3.52. The second-order valence-electron chi connectivity index (χ2n) is 7.60. The lowest BCUT2D eigenvalue weighted by Crippen LogP contribution is -2.05. The topological polar surface area (TPSA) is 51.2 Å². The molecule has 3 nitrogen and oxygen atoms in total. The first-order valence-electron chi connectivity index (χ1n) is 9.82. The van der Waals surface area contributed by atoms with Gasteiger partial charge in [-0.1, -0.05) is 36.4 Å². The minimum atomic E-state index is -0.0849. The van der Waals surface area contributed by atoms with E-state index in [4.69, 9.17) is 0 Å². The maximum atomic E-state index is 13.4. The Balaban J connectivity index is 1.80. The summed E-state index contributed by atoms with van der Waals surface area (Å²) in [7, 11) is 0. The van der Waals surface area contributed by atoms with Gasteiger partial charge in [0.1, 0.15) is 0 Å². The van der Waals surface area contributed by atoms with E-state index in [2.05, 4.69) is 0 Å². The SMILES string of the molecule is CC(=O)c1cccc2c1ccc1c(=O)c3cc4c(=O)c5ccccc5sc4cc3sc12. The molecule has 0 saturated heterocycles. The molecule has 0 saturated carbocycles. The first kappa shape index (κ1) is 18.4. The molecule has 0 bridgehead atoms. The molecule has 2 aromatic heterocycles. The molecule has 0 unspecified atom stereocenters. The van der Waals surface area contributed by atoms with Gasteiger partial charge in [-0.05, 0) is 42.6 Å². The van der Waals surface area contributed by atoms with E-state index in [0.717, 1.165) is 29.6 Å². The lowest BCUT2D eigenvalue weighted by Gasteiger charge is -2.09. The summed E-state index contributed by atoms with van der Waals surface area (Å²) in [5, 5.41) is 4.20. The van der Waals surface area contributed by atoms with Gasteiger partial charge in [-0.25, -0.2) is 0 Å². The monoisotopic (exact) mass is 438 g/mol. The molecule has 0 N–H and O–H groups in total. The van der Waals surface area contributed by atoms with Crippen molar-refractivity contribution in [1.82, 2.24) is 0 Å². The molecule has 4 aromatic carbocycles. The van der Waals surface area contributed by atoms with E-state index in [1.54, 1.807) is 30.4 Å². The maximum absolute atomic E-state index is 13.4. The number of carbonyl (C=O) groups excluding carboxylic acids is 1. The lowest BCUT2D eigenvalue weighted by atomic mass is 10.0. The predicted octanol–water partition coefficient (Wildman–Crippen LogP) is 6.50. The van der Waals surface area contributed by atoms with Crippen LogP contribution >= 0.6 is 22.7 Å². The Hall–Kier alpha value is -3.41. The van der Waals surface area contributed by atoms with Gasteiger partial charge in [-0.15, -0.1) is 22.7 Å². The van der Waals surface area contributed by atoms with Crippen LogP contribution in [0.15, 0.2) is 76.3 Å². The fourth-order valence-electron chi connectivity index (χ4n) is 4.27. The Morgan fingerprint density at radius 3 is 2.10 bits per heavy atom. The highest BCUT2D eigenvalue weighted by atomic mass is 32.1. The van der Waals surface area contributed by atoms with E-state index in [1.165, 1.54) is 11.3 Å². The summed E-state index contributed by atoms with van der Waals surface area (Å²) in [5.41, 5.74) is 0.529. The van der Waals surface area contributed by atoms with Crippen molar-refractivity contribution in [2.24, 2.45) is 0 Å². The van der Waals surface area contributed by atoms with Gasteiger partial charge >= 0.3 is 0 Å². The maximum Gasteiger partial charge on any atom is 0.195 e. The second kappa shape index (κ2) is 6.54. The molecule has 0 fully saturated rings. The van der Waals surface area contributed by atoms with Crippen LogP contribution in [0.3, 0.4) is 0 Å². The smallest absolute Gasteiger partial charge is 0.195 e. The Bertz CT molecular complexity index is 1860. The van der Waals surface area contributed by atoms with Crippen molar-refractivity contribution in [3.8, 4) is 0 Å². The van der Waals surface area contributed by atoms with Gasteiger partial charge < -0.3 is 0 Å². The van der Waals surface area contributed by atoms with Gasteiger partial charge in [0.15, 0.2) is 16.6 Å². The highest BCUT2D eigenvalue weighted by Gasteiger charge is 2.14. The molecule has 6 aromatic rings. The van der Waals surface area contributed by atoms with Crippen molar-refractivity contribution in [1.29, 1.82) is 0 Å². The van der Waals surface area contributed by atoms with E-state index in [1.807, 2.05) is 54.6 Å². The number of carbonyl (C=O) groups is 1. The van der Waals surface area contributed by atoms with E-state index >= 15 is 0 Å². The minimum absolute atomic E-state index is 0.000679. The minimum Gasteiger partial charge on any atom is -0.294 e. The normalized spacial score (nSPS) is 11.8. The van der Waals surface area contributed by atoms with Gasteiger partial charge in [0, 0.05) is 51.3 Å². The summed E-state index contributed by atoms with van der Waals surface area (Å²) in [5.74, 6) is 0.000679. The second-order valence-corrected chi connectivity index (χ2v) is 9.74. The van der Waals surface area contributed by atoms with Crippen LogP contribution in [0.2, 0.25) is 0 Å². The van der Waals surface area contributed by atoms with Crippen molar-refractivity contribution >= 4 is 79.6 Å². The standard InChI is InChI=1S/C26H14O3S2/c1-13(27)14-6-4-7-16-15(14)9-10-18-25(29)20-11-19-22(12-23(20)31-26(16)18)30-21-8-3-2-5-17(21)24(19)28/h2-12H,1H3. The molecular weight excluding hydrogens is 424 g/mol. The highest BCUT2D eigenvalue weighted by molar-refractivity contribution is 7.27. The van der Waals surface area contributed by atoms with Crippen molar-refractivity contribution in [2.45, 2.75) is 6.92 Å². The first-order chi connectivity index (χ1) is 15.0. The van der Waals surface area contributed by atoms with Crippen molar-refractivity contribution in [2.75, 3.05) is 0 Å². The number of ketones is 1. The molecule has 0 aliphatic rings. The zero-order chi connectivity index (χ0) is 21.3. The zero-order valence-corrected chi connectivity index (χ0v) is 18.0. The molecule has 0 aliphatic carbocycles. The number of rotatable bonds is 1. The molecule has 2 heterocycles. The molecule has 0 amide bonds. The summed E-state index contributed by atoms with van der Waals surface area (Å²) in [4.78, 5) is 38.5. The van der Waals surface area contributed by atoms with E-state index in [9.17, 15) is 14.4 Å². The quantitative estimate of drug-likeness (QED) is 0.167. The third-order valence-corrected chi connectivity index (χ3v) is 8.11. The van der Waals surface area contributed by atoms with E-state index in [-0.39, 0.29) is 16.6 Å². The summed E-state index contributed by atoms with van der Waals surface area (Å²) in [6, 6.07) is 20.6. The molecule has 31 heavy (non-hydrogen) atoms. The van der Waals surface area contributed by atoms with Crippen molar-refractivity contribution < 1.29 is 4.79 Å². The first-order valence-corrected chi connectivity index (χ1v) is 11.4. The van der Waals surface area contributed by atoms with Crippen molar-refractivity contribution in [3.63, 3.8) is 0 Å². The van der Waals surface area contributed by atoms with Gasteiger partial charge in [-0.3, -0.25) is 14.4 Å². The molecular formula is C26H14O3S2. The summed E-state index contributed by atoms with van der Waals surface area (Å²) >= 11 is 3.10. The van der Waals surface area contributed by atoms with Crippen LogP contribution in [0, 0.1) is 0 Å². The third-order valence-electron chi connectivity index (χ3n) is 5.77. The van der Waals surface area contributed by atoms with Crippen LogP contribution in [0.1, 0.15) is 17.3 Å². The fourth-order valence-corrected chi connectivity index (χ4v) is 6.66. The molecule has 6 rings (SSSR count). The Morgan fingerprint density at radius 2 is 1.29 bits per heavy atom. The number of fused-ring (bicyclic) bond motifs is 6. The summed E-state index contributed by atoms with van der Waals surface area (Å²) in [6.07, 6.45) is 0. The zero-order valence-electron chi connectivity index (χ0n) is 16.4. The van der Waals surface area contributed by atoms with Crippen LogP contribution in [0.5, 0.6) is 0 Å². The van der Waals surface area contributed by atoms with Gasteiger partial charge in [0.25, 0.3) is 0 Å². The van der Waals surface area contributed by atoms with Crippen molar-refractivity contribution in [3.05, 3.63) is 92.7 Å². The third kappa shape index (κ3) is 2.60. The molecule has 0 radical (unpaired) electrons. The molecule has 5 heteroatoms. The molecule has 0 spiro atoms. The molecule has 0 atom stereocenters. The van der Waals surface area contributed by atoms with Gasteiger partial charge in [0.05, 0.1) is 0 Å². The van der Waals surface area contributed by atoms with Crippen LogP contribution in [0.25, 0.3) is 51.1 Å². The van der Waals surface area contributed by atoms with Crippen LogP contribution in [-0.2, 0) is 0 Å². The Morgan fingerprint density at radius 1 is 0.613 bits per heavy atom. The average molecular weight is 439 g/mol. The van der Waals surface area contributed by atoms with Crippen LogP contribution < -0.4 is 10.9 Å². The Labute approximate surface area is 183 Å². The number of hydrogen-bond acceptors (Lipinski definition) is 5. The fraction of sp³-hybridized carbons (Fsp3) is 0.0385. The summed E-state index contributed by atoms with van der Waals surface area (Å²) in [6.45, 7) is 1.56. The van der Waals surface area contributed by atoms with Gasteiger partial charge in [-0.2, -0.15) is 0 Å². The highest BCUT2D eigenvalue weighted by Crippen LogP contribution is 2.35. The Kier molecular flexibility index (Phi) is 3.88. The molecule has 148 valence electrons. The average Bonchev–Trinajstić information content (AvgIpc) is 2.78. The molecule has 0 aliphatic heterocycles. The lowest BCUT2D eigenvalue weighted by molar-refractivity contribution is 0.101. The predicted molar refractivity (Wildman–Crippen MR) is 132 cm³/mol. The van der Waals surface area contributed by atoms with E-state index < -0.39 is 0 Å². The number of Topliss-reactive ketones (excluding diaryl/α,β-unsaturated/α-hetero) is 1. The number of hydrogen-bond donors (Lipinski definition) is 0. The number of benzene rings is 4. The largest absolute Gasteiger partial charge is 0.294 e. The van der Waals surface area contributed by atoms with Crippen LogP contribution in [0.4, 0.5) is 0 Å².